The van der Waals surface area contributed by atoms with Gasteiger partial charge in [-0.05, 0) is 37.5 Å². The van der Waals surface area contributed by atoms with Crippen LogP contribution in [0, 0.1) is 16.7 Å². The van der Waals surface area contributed by atoms with Gasteiger partial charge in [0.1, 0.15) is 11.6 Å². The molecule has 0 spiro atoms. The fourth-order valence-corrected chi connectivity index (χ4v) is 5.05. The van der Waals surface area contributed by atoms with E-state index in [2.05, 4.69) is 21.6 Å². The normalized spacial score (nSPS) is 23.8. The first-order valence-corrected chi connectivity index (χ1v) is 12.5. The zero-order valence-corrected chi connectivity index (χ0v) is 20.5. The molecule has 1 saturated carbocycles. The minimum atomic E-state index is -0.895. The number of hydrogen-bond acceptors (Lipinski definition) is 7. The predicted molar refractivity (Wildman–Crippen MR) is 124 cm³/mol. The second-order valence-corrected chi connectivity index (χ2v) is 10.9. The molecule has 33 heavy (non-hydrogen) atoms. The summed E-state index contributed by atoms with van der Waals surface area (Å²) < 4.78 is 5.27. The van der Waals surface area contributed by atoms with Crippen molar-refractivity contribution in [1.82, 2.24) is 20.6 Å². The Morgan fingerprint density at radius 1 is 1.12 bits per heavy atom. The Balaban J connectivity index is 1.58. The molecule has 1 atom stereocenters. The van der Waals surface area contributed by atoms with E-state index >= 15 is 0 Å². The molecule has 1 unspecified atom stereocenters. The minimum absolute atomic E-state index is 0.196. The SMILES string of the molecule is CC(C)(C)CC(NC(=O)ON1CCOCC1)C(=O)NC1(C#N)CCN(C2CCCCC2)CC1. The van der Waals surface area contributed by atoms with Crippen molar-refractivity contribution in [1.29, 1.82) is 5.26 Å². The van der Waals surface area contributed by atoms with E-state index in [0.29, 0.717) is 51.6 Å². The van der Waals surface area contributed by atoms with Gasteiger partial charge in [0.15, 0.2) is 0 Å². The van der Waals surface area contributed by atoms with Gasteiger partial charge >= 0.3 is 6.09 Å². The smallest absolute Gasteiger partial charge is 0.379 e. The first-order valence-electron chi connectivity index (χ1n) is 12.5. The zero-order chi connectivity index (χ0) is 23.9. The molecule has 3 rings (SSSR count). The van der Waals surface area contributed by atoms with Crippen molar-refractivity contribution >= 4 is 12.0 Å². The monoisotopic (exact) mass is 463 g/mol. The molecule has 3 fully saturated rings. The first kappa shape index (κ1) is 25.7. The number of piperidine rings is 1. The lowest BCUT2D eigenvalue weighted by atomic mass is 9.84. The molecular weight excluding hydrogens is 422 g/mol. The van der Waals surface area contributed by atoms with Gasteiger partial charge in [0, 0.05) is 19.1 Å². The van der Waals surface area contributed by atoms with Crippen molar-refractivity contribution in [3.05, 3.63) is 0 Å². The van der Waals surface area contributed by atoms with Gasteiger partial charge in [0.25, 0.3) is 0 Å². The molecule has 186 valence electrons. The van der Waals surface area contributed by atoms with E-state index in [0.717, 1.165) is 13.1 Å². The fraction of sp³-hybridized carbons (Fsp3) is 0.875. The fourth-order valence-electron chi connectivity index (χ4n) is 5.05. The highest BCUT2D eigenvalue weighted by molar-refractivity contribution is 5.86. The van der Waals surface area contributed by atoms with Gasteiger partial charge in [-0.2, -0.15) is 5.26 Å². The summed E-state index contributed by atoms with van der Waals surface area (Å²) in [6, 6.07) is 2.21. The Hall–Kier alpha value is -1.89. The van der Waals surface area contributed by atoms with E-state index in [1.54, 1.807) is 5.06 Å². The molecule has 3 aliphatic rings. The number of ether oxygens (including phenoxy) is 1. The van der Waals surface area contributed by atoms with Crippen LogP contribution in [0.2, 0.25) is 0 Å². The van der Waals surface area contributed by atoms with E-state index in [1.807, 2.05) is 20.8 Å². The van der Waals surface area contributed by atoms with E-state index in [1.165, 1.54) is 32.1 Å². The third-order valence-electron chi connectivity index (χ3n) is 6.93. The second kappa shape index (κ2) is 11.5. The number of carbonyl (C=O) groups excluding carboxylic acids is 2. The minimum Gasteiger partial charge on any atom is -0.379 e. The molecule has 0 radical (unpaired) electrons. The molecule has 9 nitrogen and oxygen atoms in total. The summed E-state index contributed by atoms with van der Waals surface area (Å²) in [7, 11) is 0. The van der Waals surface area contributed by atoms with Crippen molar-refractivity contribution in [3.8, 4) is 6.07 Å². The van der Waals surface area contributed by atoms with Crippen LogP contribution in [0.15, 0.2) is 0 Å². The predicted octanol–water partition coefficient (Wildman–Crippen LogP) is 2.57. The molecule has 0 aromatic rings. The Morgan fingerprint density at radius 3 is 2.33 bits per heavy atom. The lowest BCUT2D eigenvalue weighted by molar-refractivity contribution is -0.148. The number of nitriles is 1. The number of morpholine rings is 1. The van der Waals surface area contributed by atoms with Gasteiger partial charge in [0.05, 0.1) is 32.4 Å². The maximum absolute atomic E-state index is 13.3. The van der Waals surface area contributed by atoms with Gasteiger partial charge in [0.2, 0.25) is 5.91 Å². The number of rotatable bonds is 6. The van der Waals surface area contributed by atoms with Gasteiger partial charge in [-0.3, -0.25) is 4.79 Å². The van der Waals surface area contributed by atoms with Gasteiger partial charge < -0.3 is 25.1 Å². The first-order chi connectivity index (χ1) is 15.7. The van der Waals surface area contributed by atoms with Gasteiger partial charge in [-0.25, -0.2) is 4.79 Å². The molecule has 2 N–H and O–H groups in total. The van der Waals surface area contributed by atoms with Crippen LogP contribution in [0.25, 0.3) is 0 Å². The van der Waals surface area contributed by atoms with Crippen LogP contribution >= 0.6 is 0 Å². The third-order valence-corrected chi connectivity index (χ3v) is 6.93. The molecule has 0 aromatic carbocycles. The van der Waals surface area contributed by atoms with Gasteiger partial charge in [-0.15, -0.1) is 5.06 Å². The third kappa shape index (κ3) is 7.83. The Bertz CT molecular complexity index is 697. The molecule has 9 heteroatoms. The molecule has 0 bridgehead atoms. The summed E-state index contributed by atoms with van der Waals surface area (Å²) >= 11 is 0. The number of nitrogens with zero attached hydrogens (tertiary/aromatic N) is 3. The average molecular weight is 464 g/mol. The molecule has 0 aromatic heterocycles. The lowest BCUT2D eigenvalue weighted by Crippen LogP contribution is -2.60. The highest BCUT2D eigenvalue weighted by atomic mass is 16.7. The molecule has 1 aliphatic carbocycles. The van der Waals surface area contributed by atoms with E-state index in [4.69, 9.17) is 9.57 Å². The van der Waals surface area contributed by atoms with Gasteiger partial charge in [-0.1, -0.05) is 40.0 Å². The Morgan fingerprint density at radius 2 is 1.76 bits per heavy atom. The summed E-state index contributed by atoms with van der Waals surface area (Å²) in [5, 5.41) is 17.3. The van der Waals surface area contributed by atoms with Crippen LogP contribution in [0.3, 0.4) is 0 Å². The van der Waals surface area contributed by atoms with Crippen LogP contribution in [-0.2, 0) is 14.4 Å². The number of amides is 2. The van der Waals surface area contributed by atoms with Crippen molar-refractivity contribution in [3.63, 3.8) is 0 Å². The summed E-state index contributed by atoms with van der Waals surface area (Å²) in [6.45, 7) is 9.69. The topological polar surface area (TPSA) is 107 Å². The summed E-state index contributed by atoms with van der Waals surface area (Å²) in [6.07, 6.45) is 7.33. The Labute approximate surface area is 198 Å². The number of hydrogen-bond donors (Lipinski definition) is 2. The highest BCUT2D eigenvalue weighted by Gasteiger charge is 2.40. The van der Waals surface area contributed by atoms with Crippen molar-refractivity contribution in [2.45, 2.75) is 89.8 Å². The zero-order valence-electron chi connectivity index (χ0n) is 20.5. The largest absolute Gasteiger partial charge is 0.426 e. The highest BCUT2D eigenvalue weighted by Crippen LogP contribution is 2.29. The molecular formula is C24H41N5O4. The van der Waals surface area contributed by atoms with E-state index in [9.17, 15) is 14.9 Å². The number of nitrogens with one attached hydrogen (secondary N) is 2. The van der Waals surface area contributed by atoms with Crippen molar-refractivity contribution in [2.24, 2.45) is 5.41 Å². The molecule has 2 saturated heterocycles. The number of likely N-dealkylation sites (tertiary alicyclic amines) is 1. The van der Waals surface area contributed by atoms with Crippen LogP contribution < -0.4 is 10.6 Å². The maximum atomic E-state index is 13.3. The quantitative estimate of drug-likeness (QED) is 0.623. The molecule has 2 amide bonds. The number of hydroxylamine groups is 2. The lowest BCUT2D eigenvalue weighted by Gasteiger charge is -2.43. The molecule has 2 heterocycles. The Kier molecular flexibility index (Phi) is 8.96. The van der Waals surface area contributed by atoms with E-state index < -0.39 is 17.7 Å². The van der Waals surface area contributed by atoms with Crippen molar-refractivity contribution < 1.29 is 19.2 Å². The van der Waals surface area contributed by atoms with Crippen LogP contribution in [0.1, 0.15) is 72.1 Å². The van der Waals surface area contributed by atoms with Crippen molar-refractivity contribution in [2.75, 3.05) is 39.4 Å². The van der Waals surface area contributed by atoms with E-state index in [-0.39, 0.29) is 11.3 Å². The van der Waals surface area contributed by atoms with Crippen LogP contribution in [0.4, 0.5) is 4.79 Å². The van der Waals surface area contributed by atoms with Crippen LogP contribution in [-0.4, -0.2) is 79.0 Å². The summed E-state index contributed by atoms with van der Waals surface area (Å²) in [5.74, 6) is -0.323. The number of carbonyl (C=O) groups is 2. The second-order valence-electron chi connectivity index (χ2n) is 10.9. The standard InChI is InChI=1S/C24H41N5O4/c1-23(2,3)17-20(26-22(31)33-29-13-15-32-16-14-29)21(30)27-24(18-25)9-11-28(12-10-24)19-7-5-4-6-8-19/h19-20H,4-17H2,1-3H3,(H,26,31)(H,27,30). The average Bonchev–Trinajstić information content (AvgIpc) is 2.79. The maximum Gasteiger partial charge on any atom is 0.426 e. The summed E-state index contributed by atoms with van der Waals surface area (Å²) in [4.78, 5) is 33.6. The van der Waals surface area contributed by atoms with Crippen LogP contribution in [0.5, 0.6) is 0 Å². The summed E-state index contributed by atoms with van der Waals surface area (Å²) in [5.41, 5.74) is -1.09. The molecule has 2 aliphatic heterocycles.